The molecule has 0 spiro atoms. The van der Waals surface area contributed by atoms with Crippen molar-refractivity contribution in [2.75, 3.05) is 26.7 Å². The molecule has 0 fully saturated rings. The number of benzene rings is 1. The summed E-state index contributed by atoms with van der Waals surface area (Å²) in [4.78, 5) is 26.1. The standard InChI is InChI=1S/C15H19Br2NO5.C6H15N/c1-15(2,3)23-14(21)18-11(13(20)22-4)7-8-5-9(16)12(19)10(17)6-8;1-4-7(5-2)6-3/h5-6,11,19H,7H2,1-4H3,(H,18,21);4-6H2,1-3H3. The number of alkyl carbamates (subject to hydrolysis) is 1. The smallest absolute Gasteiger partial charge is 0.408 e. The highest BCUT2D eigenvalue weighted by Crippen LogP contribution is 2.33. The van der Waals surface area contributed by atoms with E-state index < -0.39 is 23.7 Å². The molecule has 0 radical (unpaired) electrons. The van der Waals surface area contributed by atoms with Gasteiger partial charge in [-0.3, -0.25) is 0 Å². The molecular formula is C21H34Br2N2O5. The number of nitrogens with one attached hydrogen (secondary N) is 1. The van der Waals surface area contributed by atoms with Gasteiger partial charge in [0, 0.05) is 6.42 Å². The minimum Gasteiger partial charge on any atom is -0.506 e. The number of phenols is 1. The molecule has 1 aromatic rings. The average Bonchev–Trinajstić information content (AvgIpc) is 2.65. The third kappa shape index (κ3) is 11.2. The Morgan fingerprint density at radius 1 is 1.10 bits per heavy atom. The zero-order valence-electron chi connectivity index (χ0n) is 18.8. The van der Waals surface area contributed by atoms with Gasteiger partial charge in [0.25, 0.3) is 0 Å². The van der Waals surface area contributed by atoms with Gasteiger partial charge in [-0.15, -0.1) is 0 Å². The number of nitrogens with zero attached hydrogens (tertiary/aromatic N) is 1. The van der Waals surface area contributed by atoms with Gasteiger partial charge in [-0.05, 0) is 90.0 Å². The number of aromatic hydroxyl groups is 1. The summed E-state index contributed by atoms with van der Waals surface area (Å²) >= 11 is 6.45. The number of amides is 1. The molecular weight excluding hydrogens is 520 g/mol. The number of ether oxygens (including phenoxy) is 2. The second-order valence-corrected chi connectivity index (χ2v) is 9.16. The number of methoxy groups -OCH3 is 1. The number of carbonyl (C=O) groups is 2. The molecule has 1 aromatic carbocycles. The van der Waals surface area contributed by atoms with Crippen LogP contribution in [0.25, 0.3) is 0 Å². The predicted molar refractivity (Wildman–Crippen MR) is 126 cm³/mol. The summed E-state index contributed by atoms with van der Waals surface area (Å²) < 4.78 is 10.8. The monoisotopic (exact) mass is 552 g/mol. The van der Waals surface area contributed by atoms with E-state index in [0.29, 0.717) is 14.5 Å². The number of hydrogen-bond acceptors (Lipinski definition) is 6. The molecule has 0 aliphatic rings. The minimum absolute atomic E-state index is 0.0588. The fraction of sp³-hybridized carbons (Fsp3) is 0.619. The van der Waals surface area contributed by atoms with E-state index in [0.717, 1.165) is 0 Å². The van der Waals surface area contributed by atoms with Crippen molar-refractivity contribution in [3.8, 4) is 5.75 Å². The van der Waals surface area contributed by atoms with Crippen molar-refractivity contribution in [2.45, 2.75) is 59.6 Å². The van der Waals surface area contributed by atoms with Gasteiger partial charge in [-0.2, -0.15) is 0 Å². The van der Waals surface area contributed by atoms with Crippen LogP contribution in [-0.4, -0.2) is 60.5 Å². The van der Waals surface area contributed by atoms with Gasteiger partial charge in [0.15, 0.2) is 0 Å². The quantitative estimate of drug-likeness (QED) is 0.468. The molecule has 0 saturated heterocycles. The molecule has 2 N–H and O–H groups in total. The second-order valence-electron chi connectivity index (χ2n) is 7.45. The maximum absolute atomic E-state index is 11.9. The number of carbonyl (C=O) groups excluding carboxylic acids is 2. The number of esters is 1. The summed E-state index contributed by atoms with van der Waals surface area (Å²) in [6, 6.07) is 2.41. The lowest BCUT2D eigenvalue weighted by Gasteiger charge is -2.22. The second kappa shape index (κ2) is 13.9. The first-order valence-corrected chi connectivity index (χ1v) is 11.4. The zero-order chi connectivity index (χ0) is 23.5. The maximum Gasteiger partial charge on any atom is 0.408 e. The van der Waals surface area contributed by atoms with Crippen LogP contribution in [0, 0.1) is 0 Å². The molecule has 0 aromatic heterocycles. The summed E-state index contributed by atoms with van der Waals surface area (Å²) in [5, 5.41) is 12.2. The Morgan fingerprint density at radius 3 is 1.90 bits per heavy atom. The van der Waals surface area contributed by atoms with Crippen molar-refractivity contribution in [2.24, 2.45) is 0 Å². The largest absolute Gasteiger partial charge is 0.506 e. The average molecular weight is 554 g/mol. The van der Waals surface area contributed by atoms with E-state index in [2.05, 4.69) is 62.8 Å². The van der Waals surface area contributed by atoms with Gasteiger partial charge in [0.05, 0.1) is 16.1 Å². The van der Waals surface area contributed by atoms with Crippen LogP contribution >= 0.6 is 31.9 Å². The Hall–Kier alpha value is -1.32. The van der Waals surface area contributed by atoms with E-state index in [9.17, 15) is 14.7 Å². The Balaban J connectivity index is 0.00000103. The van der Waals surface area contributed by atoms with E-state index in [1.165, 1.54) is 26.7 Å². The first kappa shape index (κ1) is 28.7. The first-order chi connectivity index (χ1) is 13.9. The van der Waals surface area contributed by atoms with Gasteiger partial charge < -0.3 is 24.8 Å². The molecule has 30 heavy (non-hydrogen) atoms. The van der Waals surface area contributed by atoms with Crippen molar-refractivity contribution in [1.82, 2.24) is 10.2 Å². The SMILES string of the molecule is CCN(CC)CC.COC(=O)C(Cc1cc(Br)c(O)c(Br)c1)NC(=O)OC(C)(C)C. The summed E-state index contributed by atoms with van der Waals surface area (Å²) in [7, 11) is 1.24. The number of hydrogen-bond donors (Lipinski definition) is 2. The molecule has 1 amide bonds. The lowest BCUT2D eigenvalue weighted by molar-refractivity contribution is -0.143. The highest BCUT2D eigenvalue weighted by molar-refractivity contribution is 9.11. The van der Waals surface area contributed by atoms with Crippen LogP contribution in [0.4, 0.5) is 4.79 Å². The van der Waals surface area contributed by atoms with Crippen molar-refractivity contribution in [3.63, 3.8) is 0 Å². The van der Waals surface area contributed by atoms with Crippen molar-refractivity contribution >= 4 is 43.9 Å². The van der Waals surface area contributed by atoms with Gasteiger partial charge >= 0.3 is 12.1 Å². The Labute approximate surface area is 196 Å². The van der Waals surface area contributed by atoms with Gasteiger partial charge in [-0.1, -0.05) is 20.8 Å². The predicted octanol–water partition coefficient (Wildman–Crippen LogP) is 4.87. The molecule has 1 unspecified atom stereocenters. The fourth-order valence-electron chi connectivity index (χ4n) is 2.43. The number of phenolic OH excluding ortho intramolecular Hbond substituents is 1. The Bertz CT molecular complexity index is 660. The molecule has 0 heterocycles. The topological polar surface area (TPSA) is 88.1 Å². The molecule has 172 valence electrons. The minimum atomic E-state index is -0.904. The summed E-state index contributed by atoms with van der Waals surface area (Å²) in [6.07, 6.45) is -0.520. The summed E-state index contributed by atoms with van der Waals surface area (Å²) in [6.45, 7) is 15.3. The van der Waals surface area contributed by atoms with Crippen LogP contribution < -0.4 is 5.32 Å². The molecule has 0 aliphatic heterocycles. The molecule has 7 nitrogen and oxygen atoms in total. The molecule has 1 rings (SSSR count). The van der Waals surface area contributed by atoms with E-state index in [1.807, 2.05) is 0 Å². The van der Waals surface area contributed by atoms with Crippen LogP contribution in [0.15, 0.2) is 21.1 Å². The third-order valence-corrected chi connectivity index (χ3v) is 5.24. The molecule has 0 saturated carbocycles. The van der Waals surface area contributed by atoms with Crippen LogP contribution in [0.3, 0.4) is 0 Å². The van der Waals surface area contributed by atoms with Gasteiger partial charge in [0.2, 0.25) is 0 Å². The lowest BCUT2D eigenvalue weighted by atomic mass is 10.1. The number of rotatable bonds is 7. The normalized spacial score (nSPS) is 11.9. The van der Waals surface area contributed by atoms with E-state index in [-0.39, 0.29) is 12.2 Å². The molecule has 1 atom stereocenters. The summed E-state index contributed by atoms with van der Waals surface area (Å²) in [5.41, 5.74) is 0.0445. The third-order valence-electron chi connectivity index (χ3n) is 4.03. The van der Waals surface area contributed by atoms with Gasteiger partial charge in [-0.25, -0.2) is 9.59 Å². The Morgan fingerprint density at radius 2 is 1.57 bits per heavy atom. The van der Waals surface area contributed by atoms with E-state index >= 15 is 0 Å². The van der Waals surface area contributed by atoms with E-state index in [4.69, 9.17) is 9.47 Å². The van der Waals surface area contributed by atoms with Crippen molar-refractivity contribution in [3.05, 3.63) is 26.6 Å². The summed E-state index contributed by atoms with van der Waals surface area (Å²) in [5.74, 6) is -0.528. The van der Waals surface area contributed by atoms with E-state index in [1.54, 1.807) is 32.9 Å². The zero-order valence-corrected chi connectivity index (χ0v) is 22.0. The van der Waals surface area contributed by atoms with Crippen LogP contribution in [-0.2, 0) is 20.7 Å². The Kier molecular flexibility index (Phi) is 13.3. The highest BCUT2D eigenvalue weighted by Gasteiger charge is 2.25. The van der Waals surface area contributed by atoms with Crippen LogP contribution in [0.5, 0.6) is 5.75 Å². The van der Waals surface area contributed by atoms with Crippen LogP contribution in [0.2, 0.25) is 0 Å². The highest BCUT2D eigenvalue weighted by atomic mass is 79.9. The van der Waals surface area contributed by atoms with Crippen molar-refractivity contribution < 1.29 is 24.2 Å². The molecule has 0 bridgehead atoms. The molecule has 9 heteroatoms. The van der Waals surface area contributed by atoms with Gasteiger partial charge in [0.1, 0.15) is 17.4 Å². The lowest BCUT2D eigenvalue weighted by Crippen LogP contribution is -2.45. The fourth-order valence-corrected chi connectivity index (χ4v) is 3.71. The first-order valence-electron chi connectivity index (χ1n) is 9.84. The van der Waals surface area contributed by atoms with Crippen molar-refractivity contribution in [1.29, 1.82) is 0 Å². The molecule has 0 aliphatic carbocycles. The van der Waals surface area contributed by atoms with Crippen LogP contribution in [0.1, 0.15) is 47.1 Å². The maximum atomic E-state index is 11.9. The number of halogens is 2.